The van der Waals surface area contributed by atoms with Crippen LogP contribution in [0, 0.1) is 6.92 Å². The number of hydrogen-bond acceptors (Lipinski definition) is 7. The third-order valence-electron chi connectivity index (χ3n) is 5.81. The molecule has 2 atom stereocenters. The molecule has 2 aromatic rings. The molecule has 4 rings (SSSR count). The molecule has 0 saturated carbocycles. The van der Waals surface area contributed by atoms with Gasteiger partial charge in [-0.25, -0.2) is 0 Å². The molecule has 0 aliphatic carbocycles. The van der Waals surface area contributed by atoms with E-state index in [0.29, 0.717) is 28.9 Å². The topological polar surface area (TPSA) is 62.8 Å². The number of amides is 1. The summed E-state index contributed by atoms with van der Waals surface area (Å²) in [6, 6.07) is 11.9. The minimum absolute atomic E-state index is 0.00746. The van der Waals surface area contributed by atoms with Crippen molar-refractivity contribution < 1.29 is 14.3 Å². The lowest BCUT2D eigenvalue weighted by molar-refractivity contribution is -0.119. The van der Waals surface area contributed by atoms with Gasteiger partial charge in [-0.3, -0.25) is 9.69 Å². The van der Waals surface area contributed by atoms with E-state index in [0.717, 1.165) is 47.8 Å². The van der Waals surface area contributed by atoms with Crippen molar-refractivity contribution in [2.45, 2.75) is 24.3 Å². The van der Waals surface area contributed by atoms with E-state index in [1.807, 2.05) is 37.3 Å². The highest BCUT2D eigenvalue weighted by atomic mass is 35.5. The number of morpholine rings is 1. The van der Waals surface area contributed by atoms with E-state index < -0.39 is 0 Å². The fourth-order valence-corrected chi connectivity index (χ4v) is 6.20. The first kappa shape index (κ1) is 26.5. The second-order valence-corrected chi connectivity index (χ2v) is 11.6. The molecule has 0 spiro atoms. The van der Waals surface area contributed by atoms with E-state index in [1.54, 1.807) is 30.6 Å². The minimum atomic E-state index is -0.0377. The lowest BCUT2D eigenvalue weighted by Gasteiger charge is -2.33. The minimum Gasteiger partial charge on any atom is -0.496 e. The molecule has 2 heterocycles. The third-order valence-corrected chi connectivity index (χ3v) is 8.87. The highest BCUT2D eigenvalue weighted by Crippen LogP contribution is 2.35. The van der Waals surface area contributed by atoms with Gasteiger partial charge in [-0.2, -0.15) is 0 Å². The summed E-state index contributed by atoms with van der Waals surface area (Å²) in [5, 5.41) is 9.72. The molecule has 1 saturated heterocycles. The van der Waals surface area contributed by atoms with Crippen molar-refractivity contribution in [3.8, 4) is 5.75 Å². The average Bonchev–Trinajstić information content (AvgIpc) is 3.33. The van der Waals surface area contributed by atoms with Gasteiger partial charge in [0.05, 0.1) is 35.6 Å². The van der Waals surface area contributed by atoms with Gasteiger partial charge in [-0.05, 0) is 41.7 Å². The Morgan fingerprint density at radius 3 is 2.94 bits per heavy atom. The monoisotopic (exact) mass is 553 g/mol. The zero-order valence-corrected chi connectivity index (χ0v) is 22.8. The van der Waals surface area contributed by atoms with E-state index >= 15 is 0 Å². The van der Waals surface area contributed by atoms with Crippen molar-refractivity contribution in [2.24, 2.45) is 0 Å². The molecule has 1 fully saturated rings. The van der Waals surface area contributed by atoms with Crippen molar-refractivity contribution in [3.05, 3.63) is 68.5 Å². The van der Waals surface area contributed by atoms with Crippen molar-refractivity contribution in [3.63, 3.8) is 0 Å². The summed E-state index contributed by atoms with van der Waals surface area (Å²) in [5.41, 5.74) is 4.33. The zero-order chi connectivity index (χ0) is 24.8. The first-order valence-electron chi connectivity index (χ1n) is 11.3. The molecule has 1 amide bonds. The Hall–Kier alpha value is -1.55. The summed E-state index contributed by atoms with van der Waals surface area (Å²) in [4.78, 5) is 14.8. The zero-order valence-electron chi connectivity index (χ0n) is 19.7. The molecule has 2 aromatic carbocycles. The number of halogens is 2. The van der Waals surface area contributed by atoms with Crippen LogP contribution >= 0.6 is 46.7 Å². The Balaban J connectivity index is 1.17. The smallest absolute Gasteiger partial charge is 0.230 e. The van der Waals surface area contributed by atoms with Gasteiger partial charge in [-0.1, -0.05) is 53.2 Å². The van der Waals surface area contributed by atoms with Gasteiger partial charge in [0.1, 0.15) is 10.5 Å². The summed E-state index contributed by atoms with van der Waals surface area (Å²) in [7, 11) is 1.68. The summed E-state index contributed by atoms with van der Waals surface area (Å²) >= 11 is 15.4. The molecule has 0 bridgehead atoms. The predicted molar refractivity (Wildman–Crippen MR) is 147 cm³/mol. The normalized spacial score (nSPS) is 20.3. The van der Waals surface area contributed by atoms with Gasteiger partial charge in [0.2, 0.25) is 5.91 Å². The van der Waals surface area contributed by atoms with E-state index in [-0.39, 0.29) is 16.7 Å². The van der Waals surface area contributed by atoms with Crippen molar-refractivity contribution >= 4 is 58.3 Å². The number of ether oxygens (including phenoxy) is 2. The van der Waals surface area contributed by atoms with Gasteiger partial charge in [-0.15, -0.1) is 11.8 Å². The number of carbonyl (C=O) groups is 1. The summed E-state index contributed by atoms with van der Waals surface area (Å²) in [6.07, 6.45) is -0.0377. The van der Waals surface area contributed by atoms with Crippen molar-refractivity contribution in [2.75, 3.05) is 39.1 Å². The van der Waals surface area contributed by atoms with Gasteiger partial charge in [0.15, 0.2) is 0 Å². The second-order valence-electron chi connectivity index (χ2n) is 8.42. The maximum absolute atomic E-state index is 12.5. The van der Waals surface area contributed by atoms with Gasteiger partial charge in [0, 0.05) is 37.4 Å². The first-order chi connectivity index (χ1) is 16.9. The van der Waals surface area contributed by atoms with Crippen LogP contribution < -0.4 is 15.4 Å². The molecule has 35 heavy (non-hydrogen) atoms. The van der Waals surface area contributed by atoms with Gasteiger partial charge < -0.3 is 20.1 Å². The standard InChI is InChI=1S/C25H29Cl2N3O3S2/c1-16-3-5-18(10-23(16)32-2)22-14-34-25(29-22)35-15-24(31)28-11-19-13-30(7-8-33-19)12-17-4-6-20(26)21(27)9-17/h3-6,9-10,14,19,25,29H,7-8,11-13,15H2,1-2H3,(H,28,31)/t19-,25?/m0/s1. The number of nitrogens with one attached hydrogen (secondary N) is 2. The fraction of sp³-hybridized carbons (Fsp3) is 0.400. The lowest BCUT2D eigenvalue weighted by Crippen LogP contribution is -2.47. The Morgan fingerprint density at radius 1 is 1.29 bits per heavy atom. The molecular weight excluding hydrogens is 525 g/mol. The van der Waals surface area contributed by atoms with Crippen molar-refractivity contribution in [1.82, 2.24) is 15.5 Å². The Labute approximate surface area is 225 Å². The molecule has 188 valence electrons. The van der Waals surface area contributed by atoms with E-state index in [1.165, 1.54) is 0 Å². The van der Waals surface area contributed by atoms with Crippen LogP contribution in [-0.2, 0) is 16.1 Å². The molecule has 0 radical (unpaired) electrons. The number of thioether (sulfide) groups is 2. The highest BCUT2D eigenvalue weighted by molar-refractivity contribution is 8.18. The van der Waals surface area contributed by atoms with Crippen LogP contribution in [0.1, 0.15) is 16.7 Å². The van der Waals surface area contributed by atoms with Crippen molar-refractivity contribution in [1.29, 1.82) is 0 Å². The fourth-order valence-electron chi connectivity index (χ4n) is 3.92. The van der Waals surface area contributed by atoms with E-state index in [9.17, 15) is 4.79 Å². The molecule has 6 nitrogen and oxygen atoms in total. The average molecular weight is 555 g/mol. The molecule has 2 aliphatic rings. The molecule has 1 unspecified atom stereocenters. The molecular formula is C25H29Cl2N3O3S2. The largest absolute Gasteiger partial charge is 0.496 e. The van der Waals surface area contributed by atoms with Crippen LogP contribution in [-0.4, -0.2) is 60.7 Å². The van der Waals surface area contributed by atoms with Crippen LogP contribution in [0.2, 0.25) is 10.0 Å². The summed E-state index contributed by atoms with van der Waals surface area (Å²) in [5.74, 6) is 1.25. The second kappa shape index (κ2) is 12.6. The summed E-state index contributed by atoms with van der Waals surface area (Å²) < 4.78 is 11.4. The SMILES string of the molecule is COc1cc(C2=CSC(SCC(=O)NC[C@H]3CN(Cc4ccc(Cl)c(Cl)c4)CCO3)N2)ccc1C. The van der Waals surface area contributed by atoms with Gasteiger partial charge in [0.25, 0.3) is 0 Å². The molecule has 2 N–H and O–H groups in total. The van der Waals surface area contributed by atoms with Crippen LogP contribution in [0.5, 0.6) is 5.75 Å². The number of aryl methyl sites for hydroxylation is 1. The molecule has 0 aromatic heterocycles. The number of nitrogens with zero attached hydrogens (tertiary/aromatic N) is 1. The van der Waals surface area contributed by atoms with Gasteiger partial charge >= 0.3 is 0 Å². The lowest BCUT2D eigenvalue weighted by atomic mass is 10.1. The summed E-state index contributed by atoms with van der Waals surface area (Å²) in [6.45, 7) is 5.52. The quantitative estimate of drug-likeness (QED) is 0.454. The Morgan fingerprint density at radius 2 is 2.14 bits per heavy atom. The molecule has 2 aliphatic heterocycles. The van der Waals surface area contributed by atoms with Crippen LogP contribution in [0.3, 0.4) is 0 Å². The first-order valence-corrected chi connectivity index (χ1v) is 14.1. The number of rotatable bonds is 9. The number of benzene rings is 2. The Bertz CT molecular complexity index is 1090. The number of carbonyl (C=O) groups excluding carboxylic acids is 1. The number of methoxy groups -OCH3 is 1. The maximum atomic E-state index is 12.5. The maximum Gasteiger partial charge on any atom is 0.230 e. The van der Waals surface area contributed by atoms with Crippen LogP contribution in [0.15, 0.2) is 41.8 Å². The third kappa shape index (κ3) is 7.47. The van der Waals surface area contributed by atoms with Crippen LogP contribution in [0.4, 0.5) is 0 Å². The predicted octanol–water partition coefficient (Wildman–Crippen LogP) is 4.98. The van der Waals surface area contributed by atoms with Crippen LogP contribution in [0.25, 0.3) is 5.70 Å². The Kier molecular flexibility index (Phi) is 9.55. The molecule has 10 heteroatoms. The van der Waals surface area contributed by atoms with E-state index in [2.05, 4.69) is 27.0 Å². The highest BCUT2D eigenvalue weighted by Gasteiger charge is 2.23. The number of hydrogen-bond donors (Lipinski definition) is 2. The van der Waals surface area contributed by atoms with E-state index in [4.69, 9.17) is 32.7 Å².